The van der Waals surface area contributed by atoms with E-state index in [4.69, 9.17) is 0 Å². The molecule has 0 saturated heterocycles. The molecule has 1 aliphatic carbocycles. The summed E-state index contributed by atoms with van der Waals surface area (Å²) < 4.78 is 5.16. The predicted molar refractivity (Wildman–Crippen MR) is 271 cm³/mol. The first-order chi connectivity index (χ1) is 30.6. The van der Waals surface area contributed by atoms with Crippen LogP contribution in [0, 0.1) is 11.8 Å². The number of ketones is 2. The summed E-state index contributed by atoms with van der Waals surface area (Å²) in [6, 6.07) is 17.5. The van der Waals surface area contributed by atoms with Crippen LogP contribution in [-0.4, -0.2) is 54.6 Å². The SMILES string of the molecule is CCCCCCCCCCCCCCCCCCN1/C(=C/C2C(=O)C(/C=C3\[Se]c4ccccc4N3CCCCCCCCCCCCCCCCCC)C2=O)[Se]c2ccccc21. The van der Waals surface area contributed by atoms with Crippen LogP contribution in [0.2, 0.25) is 0 Å². The summed E-state index contributed by atoms with van der Waals surface area (Å²) in [4.78, 5) is 32.5. The van der Waals surface area contributed by atoms with Gasteiger partial charge in [0.25, 0.3) is 0 Å². The number of fused-ring (bicyclic) bond motifs is 2. The molecule has 2 heterocycles. The van der Waals surface area contributed by atoms with Crippen molar-refractivity contribution in [3.8, 4) is 0 Å². The van der Waals surface area contributed by atoms with E-state index in [1.807, 2.05) is 0 Å². The topological polar surface area (TPSA) is 40.6 Å². The first-order valence-electron chi connectivity index (χ1n) is 26.2. The quantitative estimate of drug-likeness (QED) is 0.0388. The zero-order valence-electron chi connectivity index (χ0n) is 39.5. The van der Waals surface area contributed by atoms with Gasteiger partial charge in [-0.25, -0.2) is 0 Å². The molecule has 0 bridgehead atoms. The summed E-state index contributed by atoms with van der Waals surface area (Å²) in [5.41, 5.74) is 2.57. The van der Waals surface area contributed by atoms with Crippen molar-refractivity contribution in [1.29, 1.82) is 0 Å². The number of allylic oxidation sites excluding steroid dienone is 2. The van der Waals surface area contributed by atoms with Crippen LogP contribution in [0.1, 0.15) is 219 Å². The minimum atomic E-state index is -0.596. The summed E-state index contributed by atoms with van der Waals surface area (Å²) in [7, 11) is 0. The molecule has 2 aromatic rings. The van der Waals surface area contributed by atoms with Crippen molar-refractivity contribution in [3.05, 3.63) is 69.9 Å². The predicted octanol–water partition coefficient (Wildman–Crippen LogP) is 14.3. The summed E-state index contributed by atoms with van der Waals surface area (Å²) >= 11 is 0.241. The monoisotopic (exact) mass is 979 g/mol. The average Bonchev–Trinajstić information content (AvgIpc) is 3.83. The van der Waals surface area contributed by atoms with Gasteiger partial charge in [0.05, 0.1) is 0 Å². The van der Waals surface area contributed by atoms with Crippen LogP contribution in [0.4, 0.5) is 11.4 Å². The van der Waals surface area contributed by atoms with Gasteiger partial charge in [0.2, 0.25) is 0 Å². The molecular weight excluding hydrogens is 891 g/mol. The second-order valence-corrected chi connectivity index (χ2v) is 23.3. The second kappa shape index (κ2) is 30.9. The van der Waals surface area contributed by atoms with Gasteiger partial charge in [0, 0.05) is 0 Å². The van der Waals surface area contributed by atoms with Gasteiger partial charge in [0.1, 0.15) is 0 Å². The molecule has 4 nitrogen and oxygen atoms in total. The van der Waals surface area contributed by atoms with Gasteiger partial charge in [-0.15, -0.1) is 0 Å². The normalized spacial score (nSPS) is 18.4. The van der Waals surface area contributed by atoms with E-state index in [0.717, 1.165) is 25.9 Å². The van der Waals surface area contributed by atoms with E-state index < -0.39 is 11.8 Å². The van der Waals surface area contributed by atoms with Crippen molar-refractivity contribution in [1.82, 2.24) is 0 Å². The third-order valence-electron chi connectivity index (χ3n) is 13.6. The summed E-state index contributed by atoms with van der Waals surface area (Å²) in [6.07, 6.45) is 48.0. The maximum absolute atomic E-state index is 13.8. The molecule has 0 N–H and O–H groups in total. The molecule has 344 valence electrons. The van der Waals surface area contributed by atoms with Crippen LogP contribution in [0.15, 0.2) is 69.9 Å². The number of benzene rings is 2. The van der Waals surface area contributed by atoms with Gasteiger partial charge in [-0.3, -0.25) is 0 Å². The van der Waals surface area contributed by atoms with E-state index >= 15 is 0 Å². The molecular formula is C56H86N2O2Se2. The Bertz CT molecular complexity index is 1500. The molecule has 2 aliphatic heterocycles. The van der Waals surface area contributed by atoms with E-state index in [0.29, 0.717) is 0 Å². The van der Waals surface area contributed by atoms with Crippen molar-refractivity contribution in [2.45, 2.75) is 219 Å². The molecule has 0 radical (unpaired) electrons. The van der Waals surface area contributed by atoms with E-state index in [1.165, 1.54) is 222 Å². The third-order valence-corrected chi connectivity index (χ3v) is 18.3. The first kappa shape index (κ1) is 50.9. The molecule has 0 unspecified atom stereocenters. The Labute approximate surface area is 393 Å². The zero-order valence-corrected chi connectivity index (χ0v) is 42.9. The molecule has 0 atom stereocenters. The summed E-state index contributed by atoms with van der Waals surface area (Å²) in [5, 5.41) is 0. The first-order valence-corrected chi connectivity index (χ1v) is 29.6. The summed E-state index contributed by atoms with van der Waals surface area (Å²) in [5.74, 6) is -1.00. The average molecular weight is 977 g/mol. The third kappa shape index (κ3) is 17.4. The Kier molecular flexibility index (Phi) is 25.4. The van der Waals surface area contributed by atoms with Gasteiger partial charge in [-0.05, 0) is 0 Å². The number of nitrogens with zero attached hydrogens (tertiary/aromatic N) is 2. The van der Waals surface area contributed by atoms with Crippen LogP contribution in [0.3, 0.4) is 0 Å². The van der Waals surface area contributed by atoms with Crippen LogP contribution in [0.25, 0.3) is 0 Å². The number of hydrogen-bond acceptors (Lipinski definition) is 4. The summed E-state index contributed by atoms with van der Waals surface area (Å²) in [6.45, 7) is 6.54. The minimum absolute atomic E-state index is 0.0956. The molecule has 2 aromatic carbocycles. The van der Waals surface area contributed by atoms with Crippen molar-refractivity contribution in [2.75, 3.05) is 22.9 Å². The van der Waals surface area contributed by atoms with Crippen LogP contribution in [-0.2, 0) is 9.59 Å². The Morgan fingerprint density at radius 3 is 0.935 bits per heavy atom. The van der Waals surface area contributed by atoms with Crippen LogP contribution in [0.5, 0.6) is 0 Å². The number of hydrogen-bond donors (Lipinski definition) is 0. The number of carbonyl (C=O) groups is 2. The van der Waals surface area contributed by atoms with Crippen LogP contribution < -0.4 is 18.7 Å². The fraction of sp³-hybridized carbons (Fsp3) is 0.679. The Hall–Kier alpha value is -2.10. The van der Waals surface area contributed by atoms with Gasteiger partial charge >= 0.3 is 292 Å². The molecule has 0 amide bonds. The van der Waals surface area contributed by atoms with E-state index in [2.05, 4.69) is 84.3 Å². The Balaban J connectivity index is 0.995. The van der Waals surface area contributed by atoms with Gasteiger partial charge in [-0.2, -0.15) is 0 Å². The second-order valence-electron chi connectivity index (χ2n) is 18.8. The number of carbonyl (C=O) groups excluding carboxylic acids is 2. The van der Waals surface area contributed by atoms with E-state index in [-0.39, 0.29) is 41.5 Å². The molecule has 5 rings (SSSR count). The molecule has 6 heteroatoms. The van der Waals surface area contributed by atoms with Crippen molar-refractivity contribution >= 4 is 61.8 Å². The van der Waals surface area contributed by atoms with Gasteiger partial charge in [-0.1, -0.05) is 104 Å². The van der Waals surface area contributed by atoms with E-state index in [9.17, 15) is 9.59 Å². The van der Waals surface area contributed by atoms with E-state index in [1.54, 1.807) is 0 Å². The number of unbranched alkanes of at least 4 members (excludes halogenated alkanes) is 30. The number of para-hydroxylation sites is 2. The number of rotatable bonds is 36. The zero-order chi connectivity index (χ0) is 43.5. The van der Waals surface area contributed by atoms with Crippen LogP contribution >= 0.6 is 0 Å². The van der Waals surface area contributed by atoms with Gasteiger partial charge < -0.3 is 0 Å². The van der Waals surface area contributed by atoms with Gasteiger partial charge in [0.15, 0.2) is 0 Å². The fourth-order valence-corrected chi connectivity index (χ4v) is 14.5. The molecule has 62 heavy (non-hydrogen) atoms. The molecule has 3 aliphatic rings. The Morgan fingerprint density at radius 1 is 0.387 bits per heavy atom. The van der Waals surface area contributed by atoms with Crippen molar-refractivity contribution in [3.63, 3.8) is 0 Å². The standard InChI is InChI=1S/C56H86N2O2Se2/c1-3-5-7-9-11-13-15-17-19-21-23-25-27-29-31-37-43-57-49-39-33-35-41-51(49)61-53(57)45-47-55(59)48(56(47)60)46-54-58(50-40-34-36-42-52(50)62-54)44-38-32-30-28-26-24-22-20-18-16-14-12-10-8-6-4-2/h33-36,39-42,45-48H,3-32,37-38,43-44H2,1-2H3/b53-45-,54-46-. The number of Topliss-reactive ketones (excluding diaryl/α,β-unsaturated/α-hetero) is 2. The molecule has 1 fully saturated rings. The Morgan fingerprint density at radius 2 is 0.645 bits per heavy atom. The van der Waals surface area contributed by atoms with Crippen molar-refractivity contribution in [2.24, 2.45) is 11.8 Å². The maximum atomic E-state index is 13.8. The van der Waals surface area contributed by atoms with Crippen molar-refractivity contribution < 1.29 is 9.59 Å². The molecule has 1 saturated carbocycles. The fourth-order valence-electron chi connectivity index (χ4n) is 9.64. The number of anilines is 2. The molecule has 0 aromatic heterocycles. The molecule has 0 spiro atoms.